The molecule has 11 heteroatoms. The predicted molar refractivity (Wildman–Crippen MR) is 120 cm³/mol. The third-order valence-corrected chi connectivity index (χ3v) is 5.57. The minimum absolute atomic E-state index is 0.00727. The molecule has 0 aliphatic heterocycles. The van der Waals surface area contributed by atoms with Crippen molar-refractivity contribution in [2.45, 2.75) is 20.4 Å². The maximum atomic E-state index is 14.0. The molecular weight excluding hydrogens is 471 g/mol. The Balaban J connectivity index is 1.71. The van der Waals surface area contributed by atoms with E-state index in [0.717, 1.165) is 18.2 Å². The number of aryl methyl sites for hydroxylation is 1. The SMILES string of the molecule is Cc1nn(Cc2ccc(F)c(F)c2)c(C)c1NC(=O)c1cc(C(N)=O)nc2cc(F)c(Cl)cc12. The third kappa shape index (κ3) is 4.32. The van der Waals surface area contributed by atoms with Gasteiger partial charge in [-0.3, -0.25) is 14.3 Å². The van der Waals surface area contributed by atoms with Crippen molar-refractivity contribution in [1.82, 2.24) is 14.8 Å². The Morgan fingerprint density at radius 1 is 1.06 bits per heavy atom. The summed E-state index contributed by atoms with van der Waals surface area (Å²) in [6.07, 6.45) is 0. The van der Waals surface area contributed by atoms with Crippen molar-refractivity contribution in [3.05, 3.63) is 87.1 Å². The van der Waals surface area contributed by atoms with Gasteiger partial charge in [-0.15, -0.1) is 0 Å². The predicted octanol–water partition coefficient (Wildman–Crippen LogP) is 4.52. The normalized spacial score (nSPS) is 11.1. The molecule has 0 saturated heterocycles. The molecule has 0 saturated carbocycles. The minimum atomic E-state index is -0.975. The summed E-state index contributed by atoms with van der Waals surface area (Å²) in [5.74, 6) is -4.21. The summed E-state index contributed by atoms with van der Waals surface area (Å²) >= 11 is 5.89. The summed E-state index contributed by atoms with van der Waals surface area (Å²) in [6.45, 7) is 3.50. The van der Waals surface area contributed by atoms with Crippen LogP contribution in [0.1, 0.15) is 37.8 Å². The lowest BCUT2D eigenvalue weighted by Gasteiger charge is -2.11. The molecule has 2 amide bonds. The monoisotopic (exact) mass is 487 g/mol. The lowest BCUT2D eigenvalue weighted by molar-refractivity contribution is 0.0996. The number of anilines is 1. The number of carbonyl (C=O) groups excluding carboxylic acids is 2. The Morgan fingerprint density at radius 2 is 1.79 bits per heavy atom. The van der Waals surface area contributed by atoms with Crippen molar-refractivity contribution < 1.29 is 22.8 Å². The molecule has 174 valence electrons. The molecule has 0 aliphatic carbocycles. The summed E-state index contributed by atoms with van der Waals surface area (Å²) in [7, 11) is 0. The average Bonchev–Trinajstić information content (AvgIpc) is 3.03. The van der Waals surface area contributed by atoms with Crippen LogP contribution in [0.2, 0.25) is 5.02 Å². The maximum absolute atomic E-state index is 14.0. The molecule has 0 spiro atoms. The van der Waals surface area contributed by atoms with Crippen LogP contribution in [-0.4, -0.2) is 26.6 Å². The second-order valence-corrected chi connectivity index (χ2v) is 8.02. The zero-order chi connectivity index (χ0) is 24.7. The van der Waals surface area contributed by atoms with E-state index in [2.05, 4.69) is 15.4 Å². The number of carbonyl (C=O) groups is 2. The molecule has 0 fully saturated rings. The number of pyridine rings is 1. The van der Waals surface area contributed by atoms with E-state index in [9.17, 15) is 22.8 Å². The summed E-state index contributed by atoms with van der Waals surface area (Å²) in [6, 6.07) is 6.98. The zero-order valence-electron chi connectivity index (χ0n) is 17.9. The van der Waals surface area contributed by atoms with Crippen LogP contribution in [0.25, 0.3) is 10.9 Å². The molecule has 0 radical (unpaired) electrons. The van der Waals surface area contributed by atoms with E-state index in [1.165, 1.54) is 22.9 Å². The molecule has 3 N–H and O–H groups in total. The van der Waals surface area contributed by atoms with Crippen LogP contribution in [0.5, 0.6) is 0 Å². The van der Waals surface area contributed by atoms with E-state index in [1.54, 1.807) is 13.8 Å². The van der Waals surface area contributed by atoms with Gasteiger partial charge in [0, 0.05) is 11.5 Å². The van der Waals surface area contributed by atoms with Crippen LogP contribution in [0.4, 0.5) is 18.9 Å². The number of hydrogen-bond donors (Lipinski definition) is 2. The molecule has 2 aromatic heterocycles. The van der Waals surface area contributed by atoms with Gasteiger partial charge in [0.05, 0.1) is 39.7 Å². The van der Waals surface area contributed by atoms with Crippen LogP contribution in [0.15, 0.2) is 36.4 Å². The number of aromatic nitrogens is 3. The van der Waals surface area contributed by atoms with E-state index in [4.69, 9.17) is 17.3 Å². The van der Waals surface area contributed by atoms with Gasteiger partial charge in [-0.05, 0) is 43.7 Å². The summed E-state index contributed by atoms with van der Waals surface area (Å²) in [5, 5.41) is 7.11. The van der Waals surface area contributed by atoms with Crippen molar-refractivity contribution in [1.29, 1.82) is 0 Å². The number of amides is 2. The fourth-order valence-electron chi connectivity index (χ4n) is 3.56. The first-order chi connectivity index (χ1) is 16.0. The number of nitrogens with zero attached hydrogens (tertiary/aromatic N) is 3. The molecule has 4 rings (SSSR count). The molecule has 7 nitrogen and oxygen atoms in total. The molecule has 2 heterocycles. The van der Waals surface area contributed by atoms with Gasteiger partial charge in [0.1, 0.15) is 11.5 Å². The van der Waals surface area contributed by atoms with Crippen molar-refractivity contribution in [2.75, 3.05) is 5.32 Å². The summed E-state index contributed by atoms with van der Waals surface area (Å²) in [4.78, 5) is 28.9. The fourth-order valence-corrected chi connectivity index (χ4v) is 3.72. The Kier molecular flexibility index (Phi) is 6.01. The quantitative estimate of drug-likeness (QED) is 0.432. The van der Waals surface area contributed by atoms with Gasteiger partial charge in [0.2, 0.25) is 0 Å². The van der Waals surface area contributed by atoms with E-state index in [-0.39, 0.29) is 33.7 Å². The topological polar surface area (TPSA) is 103 Å². The number of benzene rings is 2. The Bertz CT molecular complexity index is 1490. The van der Waals surface area contributed by atoms with Gasteiger partial charge in [-0.25, -0.2) is 18.2 Å². The minimum Gasteiger partial charge on any atom is -0.364 e. The van der Waals surface area contributed by atoms with E-state index in [0.29, 0.717) is 22.6 Å². The molecule has 34 heavy (non-hydrogen) atoms. The molecule has 0 aliphatic rings. The van der Waals surface area contributed by atoms with Crippen LogP contribution >= 0.6 is 11.6 Å². The van der Waals surface area contributed by atoms with Gasteiger partial charge in [0.25, 0.3) is 11.8 Å². The highest BCUT2D eigenvalue weighted by Crippen LogP contribution is 2.27. The Hall–Kier alpha value is -3.92. The fraction of sp³-hybridized carbons (Fsp3) is 0.130. The van der Waals surface area contributed by atoms with Crippen molar-refractivity contribution >= 4 is 40.0 Å². The summed E-state index contributed by atoms with van der Waals surface area (Å²) < 4.78 is 42.3. The number of nitrogens with one attached hydrogen (secondary N) is 1. The summed E-state index contributed by atoms with van der Waals surface area (Å²) in [5.41, 5.74) is 7.01. The average molecular weight is 488 g/mol. The standard InChI is InChI=1S/C23H17ClF3N5O2/c1-10-21(11(2)32(31-10)9-12-3-4-16(25)18(27)5-12)30-23(34)14-7-20(22(28)33)29-19-8-17(26)15(24)6-13(14)19/h3-8H,9H2,1-2H3,(H2,28,33)(H,30,34). The number of nitrogens with two attached hydrogens (primary N) is 1. The first-order valence-corrected chi connectivity index (χ1v) is 10.3. The number of primary amides is 1. The lowest BCUT2D eigenvalue weighted by atomic mass is 10.1. The number of rotatable bonds is 5. The number of fused-ring (bicyclic) bond motifs is 1. The highest BCUT2D eigenvalue weighted by Gasteiger charge is 2.20. The highest BCUT2D eigenvalue weighted by atomic mass is 35.5. The molecule has 0 bridgehead atoms. The molecule has 2 aromatic carbocycles. The van der Waals surface area contributed by atoms with E-state index >= 15 is 0 Å². The van der Waals surface area contributed by atoms with Crippen LogP contribution in [-0.2, 0) is 6.54 Å². The van der Waals surface area contributed by atoms with Gasteiger partial charge in [0.15, 0.2) is 11.6 Å². The van der Waals surface area contributed by atoms with E-state index in [1.807, 2.05) is 0 Å². The van der Waals surface area contributed by atoms with Crippen LogP contribution in [0.3, 0.4) is 0 Å². The van der Waals surface area contributed by atoms with Crippen LogP contribution < -0.4 is 11.1 Å². The van der Waals surface area contributed by atoms with Gasteiger partial charge < -0.3 is 11.1 Å². The Morgan fingerprint density at radius 3 is 2.47 bits per heavy atom. The third-order valence-electron chi connectivity index (χ3n) is 5.28. The second-order valence-electron chi connectivity index (χ2n) is 7.61. The number of halogens is 4. The van der Waals surface area contributed by atoms with Gasteiger partial charge in [-0.1, -0.05) is 17.7 Å². The molecule has 4 aromatic rings. The molecule has 0 unspecified atom stereocenters. The lowest BCUT2D eigenvalue weighted by Crippen LogP contribution is -2.18. The molecular formula is C23H17ClF3N5O2. The first kappa shape index (κ1) is 23.2. The van der Waals surface area contributed by atoms with Crippen LogP contribution in [0, 0.1) is 31.3 Å². The van der Waals surface area contributed by atoms with Crippen molar-refractivity contribution in [3.63, 3.8) is 0 Å². The first-order valence-electron chi connectivity index (χ1n) is 9.94. The second kappa shape index (κ2) is 8.79. The smallest absolute Gasteiger partial charge is 0.267 e. The maximum Gasteiger partial charge on any atom is 0.267 e. The van der Waals surface area contributed by atoms with Gasteiger partial charge >= 0.3 is 0 Å². The Labute approximate surface area is 196 Å². The molecule has 0 atom stereocenters. The van der Waals surface area contributed by atoms with Gasteiger partial charge in [-0.2, -0.15) is 5.10 Å². The van der Waals surface area contributed by atoms with E-state index < -0.39 is 29.3 Å². The van der Waals surface area contributed by atoms with Crippen molar-refractivity contribution in [2.24, 2.45) is 5.73 Å². The zero-order valence-corrected chi connectivity index (χ0v) is 18.7. The number of hydrogen-bond acceptors (Lipinski definition) is 4. The largest absolute Gasteiger partial charge is 0.364 e. The highest BCUT2D eigenvalue weighted by molar-refractivity contribution is 6.31. The van der Waals surface area contributed by atoms with Crippen molar-refractivity contribution in [3.8, 4) is 0 Å².